The van der Waals surface area contributed by atoms with Crippen LogP contribution in [0.5, 0.6) is 0 Å². The Balaban J connectivity index is 0.000000168. The number of rotatable bonds is 7. The predicted octanol–water partition coefficient (Wildman–Crippen LogP) is 5.39. The Hall–Kier alpha value is -8.01. The van der Waals surface area contributed by atoms with Gasteiger partial charge in [0.1, 0.15) is 22.4 Å². The number of ether oxygens (including phenoxy) is 3. The third-order valence-corrected chi connectivity index (χ3v) is 15.1. The minimum Gasteiger partial charge on any atom is -0.397 e. The van der Waals surface area contributed by atoms with Crippen LogP contribution >= 0.6 is 0 Å². The molecule has 6 saturated heterocycles. The first-order valence-corrected chi connectivity index (χ1v) is 29.1. The standard InChI is InChI=1S/C21H26N8O2.C15H22N6O.C11H14N4O.C5H12N2.C5H6N2.3CH4/c30-21(24-17-3-1-7-22-15-17)23-16-5-9-28(10-6-16)20-25-19(27-11-13-31-14-12-27)18-4-2-8-29(18)26-20;16-12-3-6-20(7-4-12)15-17-14(19-8-10-22-11-9-19)13-2-1-5-21(13)18-15;1-9-12-11(14-5-7-16-8-6-14)10-3-2-4-15(10)13-9;6-5-1-3-7-4-2-5;6-5-2-1-3-7-4-5;;;/h1-4,7-8,15-16H,5-6,9-14H2,(H2,23,24,30);1-2,5,12H,3-4,6-11,16H2;2-4H,5-8H2,1H3;5,7H,1-4,6H2;1-4H,6H2;3*1H4. The number of aryl methyl sites for hydroxylation is 1. The van der Waals surface area contributed by atoms with E-state index >= 15 is 0 Å². The number of hydrogen-bond donors (Lipinski definition) is 6. The first-order valence-electron chi connectivity index (χ1n) is 29.1. The number of anilines is 7. The molecule has 2 amide bonds. The molecule has 14 heterocycles. The molecule has 6 aliphatic rings. The maximum Gasteiger partial charge on any atom is 0.319 e. The van der Waals surface area contributed by atoms with Gasteiger partial charge in [0.25, 0.3) is 0 Å². The Bertz CT molecular complexity index is 3220. The molecule has 8 aromatic heterocycles. The van der Waals surface area contributed by atoms with Crippen LogP contribution in [0.25, 0.3) is 16.6 Å². The number of nitrogens with zero attached hydrogens (tertiary/aromatic N) is 16. The highest BCUT2D eigenvalue weighted by molar-refractivity contribution is 5.89. The van der Waals surface area contributed by atoms with Crippen molar-refractivity contribution in [3.8, 4) is 0 Å². The fraction of sp³-hybridized carbons (Fsp3) is 0.517. The van der Waals surface area contributed by atoms with E-state index in [4.69, 9.17) is 46.5 Å². The van der Waals surface area contributed by atoms with E-state index in [2.05, 4.69) is 71.7 Å². The number of nitrogens with two attached hydrogens (primary N) is 3. The van der Waals surface area contributed by atoms with Crippen LogP contribution in [-0.4, -0.2) is 196 Å². The number of carbonyl (C=O) groups is 1. The number of carbonyl (C=O) groups excluding carboxylic acids is 1. The zero-order chi connectivity index (χ0) is 57.2. The number of piperidine rings is 3. The predicted molar refractivity (Wildman–Crippen MR) is 343 cm³/mol. The van der Waals surface area contributed by atoms with Crippen LogP contribution in [-0.2, 0) is 14.2 Å². The monoisotopic (exact) mass is 1180 g/mol. The van der Waals surface area contributed by atoms with Crippen LogP contribution in [0.1, 0.15) is 66.6 Å². The van der Waals surface area contributed by atoms with Gasteiger partial charge in [0.15, 0.2) is 17.5 Å². The van der Waals surface area contributed by atoms with Crippen LogP contribution < -0.4 is 57.7 Å². The molecule has 0 spiro atoms. The first kappa shape index (κ1) is 65.5. The van der Waals surface area contributed by atoms with Crippen LogP contribution in [0.4, 0.5) is 45.5 Å². The Morgan fingerprint density at radius 3 is 1.36 bits per heavy atom. The average molecular weight is 1190 g/mol. The molecule has 6 aliphatic heterocycles. The van der Waals surface area contributed by atoms with Gasteiger partial charge in [0.2, 0.25) is 11.9 Å². The number of hydrogen-bond acceptors (Lipinski definition) is 21. The lowest BCUT2D eigenvalue weighted by Crippen LogP contribution is -2.46. The summed E-state index contributed by atoms with van der Waals surface area (Å²) < 4.78 is 22.0. The topological polar surface area (TPSA) is 291 Å². The van der Waals surface area contributed by atoms with Gasteiger partial charge in [-0.05, 0) is 119 Å². The molecule has 8 aromatic rings. The molecule has 6 fully saturated rings. The smallest absolute Gasteiger partial charge is 0.319 e. The van der Waals surface area contributed by atoms with Gasteiger partial charge >= 0.3 is 6.03 Å². The summed E-state index contributed by atoms with van der Waals surface area (Å²) in [5.74, 6) is 5.30. The van der Waals surface area contributed by atoms with Crippen molar-refractivity contribution in [3.05, 3.63) is 110 Å². The third-order valence-electron chi connectivity index (χ3n) is 15.1. The molecule has 0 saturated carbocycles. The number of amides is 2. The van der Waals surface area contributed by atoms with E-state index in [1.54, 1.807) is 43.0 Å². The molecule has 26 nitrogen and oxygen atoms in total. The lowest BCUT2D eigenvalue weighted by molar-refractivity contribution is 0.122. The highest BCUT2D eigenvalue weighted by Gasteiger charge is 2.27. The van der Waals surface area contributed by atoms with Crippen molar-refractivity contribution in [2.45, 2.75) is 85.9 Å². The second kappa shape index (κ2) is 33.0. The molecule has 9 N–H and O–H groups in total. The number of fused-ring (bicyclic) bond motifs is 3. The molecule has 0 radical (unpaired) electrons. The maximum absolute atomic E-state index is 12.3. The zero-order valence-corrected chi connectivity index (χ0v) is 47.5. The fourth-order valence-electron chi connectivity index (χ4n) is 10.5. The summed E-state index contributed by atoms with van der Waals surface area (Å²) in [6.45, 7) is 17.3. The molecule has 86 heavy (non-hydrogen) atoms. The van der Waals surface area contributed by atoms with Crippen LogP contribution in [0.3, 0.4) is 0 Å². The minimum atomic E-state index is -0.203. The summed E-state index contributed by atoms with van der Waals surface area (Å²) in [5, 5.41) is 22.8. The first-order chi connectivity index (χ1) is 40.7. The van der Waals surface area contributed by atoms with E-state index < -0.39 is 0 Å². The van der Waals surface area contributed by atoms with Gasteiger partial charge < -0.3 is 71.9 Å². The number of morpholine rings is 3. The summed E-state index contributed by atoms with van der Waals surface area (Å²) in [4.78, 5) is 45.6. The molecular weight excluding hydrogens is 1090 g/mol. The Kier molecular flexibility index (Phi) is 25.2. The van der Waals surface area contributed by atoms with Gasteiger partial charge in [0.05, 0.1) is 57.2 Å². The van der Waals surface area contributed by atoms with Gasteiger partial charge in [-0.3, -0.25) is 9.97 Å². The van der Waals surface area contributed by atoms with Gasteiger partial charge in [-0.1, -0.05) is 22.3 Å². The molecule has 14 rings (SSSR count). The Labute approximate surface area is 505 Å². The second-order valence-electron chi connectivity index (χ2n) is 21.1. The van der Waals surface area contributed by atoms with Crippen LogP contribution in [0.2, 0.25) is 0 Å². The van der Waals surface area contributed by atoms with E-state index in [0.29, 0.717) is 36.7 Å². The highest BCUT2D eigenvalue weighted by Crippen LogP contribution is 2.27. The number of urea groups is 1. The minimum absolute atomic E-state index is 0. The summed E-state index contributed by atoms with van der Waals surface area (Å²) in [6, 6.07) is 20.1. The lowest BCUT2D eigenvalue weighted by Gasteiger charge is -2.33. The second-order valence-corrected chi connectivity index (χ2v) is 21.1. The van der Waals surface area contributed by atoms with Crippen LogP contribution in [0, 0.1) is 6.92 Å². The molecule has 0 unspecified atom stereocenters. The third kappa shape index (κ3) is 18.0. The highest BCUT2D eigenvalue weighted by atomic mass is 16.5. The van der Waals surface area contributed by atoms with Crippen molar-refractivity contribution < 1.29 is 19.0 Å². The van der Waals surface area contributed by atoms with Gasteiger partial charge in [-0.2, -0.15) is 15.1 Å². The summed E-state index contributed by atoms with van der Waals surface area (Å²) in [6.07, 6.45) is 18.5. The molecule has 0 aromatic carbocycles. The number of nitrogens with one attached hydrogen (secondary N) is 3. The Morgan fingerprint density at radius 1 is 0.523 bits per heavy atom. The molecule has 26 heteroatoms. The van der Waals surface area contributed by atoms with Crippen molar-refractivity contribution in [2.75, 3.05) is 154 Å². The maximum atomic E-state index is 12.3. The lowest BCUT2D eigenvalue weighted by atomic mass is 10.1. The molecule has 0 bridgehead atoms. The molecule has 0 aliphatic carbocycles. The van der Waals surface area contributed by atoms with E-state index in [-0.39, 0.29) is 34.4 Å². The van der Waals surface area contributed by atoms with E-state index in [1.165, 1.54) is 0 Å². The van der Waals surface area contributed by atoms with Crippen molar-refractivity contribution in [1.29, 1.82) is 0 Å². The largest absolute Gasteiger partial charge is 0.397 e. The number of pyridine rings is 2. The van der Waals surface area contributed by atoms with Crippen molar-refractivity contribution in [1.82, 2.24) is 64.4 Å². The molecule has 466 valence electrons. The summed E-state index contributed by atoms with van der Waals surface area (Å²) in [7, 11) is 0. The normalized spacial score (nSPS) is 17.6. The number of nitrogen functional groups attached to an aromatic ring is 1. The molecule has 0 atom stereocenters. The zero-order valence-electron chi connectivity index (χ0n) is 47.5. The molecular formula is C60H92N22O4. The summed E-state index contributed by atoms with van der Waals surface area (Å²) in [5.41, 5.74) is 21.4. The van der Waals surface area contributed by atoms with Crippen molar-refractivity contribution >= 4 is 63.3 Å². The van der Waals surface area contributed by atoms with Gasteiger partial charge in [0, 0.05) is 121 Å². The van der Waals surface area contributed by atoms with E-state index in [9.17, 15) is 4.79 Å². The number of aromatic nitrogens is 11. The summed E-state index contributed by atoms with van der Waals surface area (Å²) >= 11 is 0. The average Bonchev–Trinajstić information content (AvgIpc) is 2.89. The van der Waals surface area contributed by atoms with Crippen molar-refractivity contribution in [3.63, 3.8) is 0 Å². The SMILES string of the molecule is C.C.C.Cc1nc(N2CCOCC2)c2cccn2n1.NC1CCN(c2nc(N3CCOCC3)c3cccn3n2)CC1.NC1CCNCC1.Nc1cccnc1.O=C(Nc1cccnc1)NC1CCN(c2nc(N3CCOCC3)c3cccn3n2)CC1. The Morgan fingerprint density at radius 2 is 0.953 bits per heavy atom. The van der Waals surface area contributed by atoms with Crippen molar-refractivity contribution in [2.24, 2.45) is 11.5 Å². The van der Waals surface area contributed by atoms with E-state index in [0.717, 1.165) is 195 Å². The van der Waals surface area contributed by atoms with Gasteiger partial charge in [-0.25, -0.2) is 23.3 Å². The van der Waals surface area contributed by atoms with Gasteiger partial charge in [-0.15, -0.1) is 10.2 Å². The quantitative estimate of drug-likeness (QED) is 0.117. The van der Waals surface area contributed by atoms with E-state index in [1.807, 2.05) is 75.5 Å². The fourth-order valence-corrected chi connectivity index (χ4v) is 10.5. The van der Waals surface area contributed by atoms with Crippen LogP contribution in [0.15, 0.2) is 104 Å².